The number of amides is 3. The smallest absolute Gasteiger partial charge is 0.243 e. The first-order valence-electron chi connectivity index (χ1n) is 9.71. The number of hydrogen-bond donors (Lipinski definition) is 3. The maximum atomic E-state index is 12.9. The molecule has 0 bridgehead atoms. The average molecular weight is 365 g/mol. The second kappa shape index (κ2) is 7.18. The predicted molar refractivity (Wildman–Crippen MR) is 96.0 cm³/mol. The van der Waals surface area contributed by atoms with E-state index in [-0.39, 0.29) is 48.2 Å². The van der Waals surface area contributed by atoms with E-state index in [1.165, 1.54) is 4.90 Å². The quantitative estimate of drug-likeness (QED) is 0.678. The van der Waals surface area contributed by atoms with E-state index in [9.17, 15) is 19.5 Å². The summed E-state index contributed by atoms with van der Waals surface area (Å²) in [6, 6.07) is -0.729. The van der Waals surface area contributed by atoms with Gasteiger partial charge in [0.25, 0.3) is 0 Å². The third-order valence-corrected chi connectivity index (χ3v) is 5.48. The molecule has 3 N–H and O–H groups in total. The molecule has 0 aromatic rings. The van der Waals surface area contributed by atoms with Crippen LogP contribution in [0.25, 0.3) is 0 Å². The Morgan fingerprint density at radius 3 is 2.58 bits per heavy atom. The van der Waals surface area contributed by atoms with Crippen molar-refractivity contribution in [2.24, 2.45) is 11.3 Å². The molecule has 2 saturated heterocycles. The van der Waals surface area contributed by atoms with Crippen molar-refractivity contribution in [2.75, 3.05) is 6.54 Å². The van der Waals surface area contributed by atoms with Crippen LogP contribution in [0.3, 0.4) is 0 Å². The minimum Gasteiger partial charge on any atom is -0.391 e. The Morgan fingerprint density at radius 2 is 1.96 bits per heavy atom. The number of aliphatic hydroxyl groups excluding tert-OH is 1. The fraction of sp³-hybridized carbons (Fsp3) is 0.842. The Labute approximate surface area is 154 Å². The van der Waals surface area contributed by atoms with Gasteiger partial charge in [0, 0.05) is 31.8 Å². The van der Waals surface area contributed by atoms with Crippen LogP contribution in [-0.2, 0) is 14.4 Å². The van der Waals surface area contributed by atoms with E-state index in [1.54, 1.807) is 0 Å². The molecule has 146 valence electrons. The molecule has 3 rings (SSSR count). The fourth-order valence-corrected chi connectivity index (χ4v) is 4.06. The van der Waals surface area contributed by atoms with Crippen molar-refractivity contribution < 1.29 is 19.5 Å². The second-order valence-electron chi connectivity index (χ2n) is 9.27. The molecule has 0 unspecified atom stereocenters. The molecular weight excluding hydrogens is 334 g/mol. The molecule has 3 amide bonds. The Bertz CT molecular complexity index is 582. The van der Waals surface area contributed by atoms with Gasteiger partial charge in [-0.25, -0.2) is 0 Å². The molecular formula is C19H31N3O4. The van der Waals surface area contributed by atoms with E-state index in [0.717, 1.165) is 12.8 Å². The highest BCUT2D eigenvalue weighted by atomic mass is 16.3. The number of likely N-dealkylation sites (tertiary alicyclic amines) is 1. The highest BCUT2D eigenvalue weighted by Crippen LogP contribution is 2.36. The number of hydrogen-bond acceptors (Lipinski definition) is 4. The molecule has 0 radical (unpaired) electrons. The normalized spacial score (nSPS) is 32.3. The van der Waals surface area contributed by atoms with Gasteiger partial charge in [-0.15, -0.1) is 0 Å². The summed E-state index contributed by atoms with van der Waals surface area (Å²) in [5.41, 5.74) is -0.170. The Balaban J connectivity index is 1.65. The molecule has 2 aliphatic heterocycles. The zero-order valence-electron chi connectivity index (χ0n) is 16.0. The molecule has 1 aliphatic carbocycles. The van der Waals surface area contributed by atoms with Gasteiger partial charge in [0.2, 0.25) is 17.7 Å². The number of β-amino-alcohol motifs (C(OH)–C–C–N with tert-alkyl or cyclic N) is 1. The van der Waals surface area contributed by atoms with Gasteiger partial charge in [0.05, 0.1) is 12.1 Å². The standard InChI is InChI=1S/C19H31N3O4/c1-19(2,3)9-16(25)22-10-12(23)8-14(22)18(26)20-13-6-7-15(24)21-17(13)11-4-5-11/h11-14,17,23H,4-10H2,1-3H3,(H,20,26)(H,21,24)/t12-,13-,14+,17+/m1/s1. The third kappa shape index (κ3) is 4.55. The molecule has 3 aliphatic rings. The Kier molecular flexibility index (Phi) is 5.28. The topological polar surface area (TPSA) is 98.7 Å². The van der Waals surface area contributed by atoms with Crippen molar-refractivity contribution in [3.8, 4) is 0 Å². The minimum atomic E-state index is -0.667. The van der Waals surface area contributed by atoms with E-state index >= 15 is 0 Å². The van der Waals surface area contributed by atoms with Crippen molar-refractivity contribution in [3.05, 3.63) is 0 Å². The number of aliphatic hydroxyl groups is 1. The van der Waals surface area contributed by atoms with E-state index in [0.29, 0.717) is 25.2 Å². The van der Waals surface area contributed by atoms with Crippen LogP contribution in [0, 0.1) is 11.3 Å². The van der Waals surface area contributed by atoms with Gasteiger partial charge in [-0.05, 0) is 30.6 Å². The lowest BCUT2D eigenvalue weighted by molar-refractivity contribution is -0.140. The lowest BCUT2D eigenvalue weighted by atomic mass is 9.91. The van der Waals surface area contributed by atoms with Gasteiger partial charge >= 0.3 is 0 Å². The van der Waals surface area contributed by atoms with Gasteiger partial charge < -0.3 is 20.6 Å². The largest absolute Gasteiger partial charge is 0.391 e. The number of rotatable bonds is 4. The summed E-state index contributed by atoms with van der Waals surface area (Å²) < 4.78 is 0. The first-order chi connectivity index (χ1) is 12.1. The number of nitrogens with zero attached hydrogens (tertiary/aromatic N) is 1. The van der Waals surface area contributed by atoms with Crippen molar-refractivity contribution in [3.63, 3.8) is 0 Å². The van der Waals surface area contributed by atoms with Gasteiger partial charge in [0.1, 0.15) is 6.04 Å². The maximum Gasteiger partial charge on any atom is 0.243 e. The summed E-state index contributed by atoms with van der Waals surface area (Å²) in [7, 11) is 0. The highest BCUT2D eigenvalue weighted by molar-refractivity contribution is 5.89. The summed E-state index contributed by atoms with van der Waals surface area (Å²) in [5.74, 6) is 0.184. The molecule has 0 aromatic heterocycles. The summed E-state index contributed by atoms with van der Waals surface area (Å²) >= 11 is 0. The van der Waals surface area contributed by atoms with Gasteiger partial charge in [-0.2, -0.15) is 0 Å². The molecule has 7 heteroatoms. The molecule has 7 nitrogen and oxygen atoms in total. The highest BCUT2D eigenvalue weighted by Gasteiger charge is 2.44. The summed E-state index contributed by atoms with van der Waals surface area (Å²) in [5, 5.41) is 16.1. The van der Waals surface area contributed by atoms with Gasteiger partial charge in [0.15, 0.2) is 0 Å². The van der Waals surface area contributed by atoms with E-state index < -0.39 is 12.1 Å². The molecule has 4 atom stereocenters. The molecule has 3 fully saturated rings. The monoisotopic (exact) mass is 365 g/mol. The minimum absolute atomic E-state index is 0.00902. The zero-order chi connectivity index (χ0) is 19.1. The van der Waals surface area contributed by atoms with Gasteiger partial charge in [-0.1, -0.05) is 20.8 Å². The lowest BCUT2D eigenvalue weighted by Gasteiger charge is -2.35. The van der Waals surface area contributed by atoms with Crippen LogP contribution < -0.4 is 10.6 Å². The van der Waals surface area contributed by atoms with Crippen molar-refractivity contribution in [1.29, 1.82) is 0 Å². The van der Waals surface area contributed by atoms with E-state index in [4.69, 9.17) is 0 Å². The summed E-state index contributed by atoms with van der Waals surface area (Å²) in [4.78, 5) is 38.7. The van der Waals surface area contributed by atoms with E-state index in [2.05, 4.69) is 10.6 Å². The zero-order valence-corrected chi connectivity index (χ0v) is 16.0. The fourth-order valence-electron chi connectivity index (χ4n) is 4.06. The predicted octanol–water partition coefficient (Wildman–Crippen LogP) is 0.558. The molecule has 0 aromatic carbocycles. The number of carbonyl (C=O) groups excluding carboxylic acids is 3. The maximum absolute atomic E-state index is 12.9. The Morgan fingerprint density at radius 1 is 1.27 bits per heavy atom. The van der Waals surface area contributed by atoms with Gasteiger partial charge in [-0.3, -0.25) is 14.4 Å². The number of piperidine rings is 1. The van der Waals surface area contributed by atoms with Crippen LogP contribution in [0.5, 0.6) is 0 Å². The SMILES string of the molecule is CC(C)(C)CC(=O)N1C[C@H](O)C[C@H]1C(=O)N[C@@H]1CCC(=O)N[C@H]1C1CC1. The van der Waals surface area contributed by atoms with Crippen molar-refractivity contribution in [2.45, 2.75) is 83.5 Å². The third-order valence-electron chi connectivity index (χ3n) is 5.48. The average Bonchev–Trinajstić information content (AvgIpc) is 3.29. The lowest BCUT2D eigenvalue weighted by Crippen LogP contribution is -2.59. The molecule has 26 heavy (non-hydrogen) atoms. The number of carbonyl (C=O) groups is 3. The van der Waals surface area contributed by atoms with Crippen LogP contribution in [0.15, 0.2) is 0 Å². The van der Waals surface area contributed by atoms with Crippen LogP contribution >= 0.6 is 0 Å². The first kappa shape index (κ1) is 19.1. The molecule has 2 heterocycles. The van der Waals surface area contributed by atoms with Crippen LogP contribution in [0.1, 0.15) is 59.3 Å². The second-order valence-corrected chi connectivity index (χ2v) is 9.27. The van der Waals surface area contributed by atoms with Crippen LogP contribution in [0.4, 0.5) is 0 Å². The Hall–Kier alpha value is -1.63. The summed E-state index contributed by atoms with van der Waals surface area (Å²) in [6.45, 7) is 6.16. The number of nitrogens with one attached hydrogen (secondary N) is 2. The van der Waals surface area contributed by atoms with Crippen LogP contribution in [-0.4, -0.2) is 58.5 Å². The molecule has 1 saturated carbocycles. The summed E-state index contributed by atoms with van der Waals surface area (Å²) in [6.07, 6.45) is 3.14. The van der Waals surface area contributed by atoms with E-state index in [1.807, 2.05) is 20.8 Å². The first-order valence-corrected chi connectivity index (χ1v) is 9.71. The van der Waals surface area contributed by atoms with Crippen molar-refractivity contribution >= 4 is 17.7 Å². The molecule has 0 spiro atoms. The van der Waals surface area contributed by atoms with Crippen LogP contribution in [0.2, 0.25) is 0 Å². The van der Waals surface area contributed by atoms with Crippen molar-refractivity contribution in [1.82, 2.24) is 15.5 Å².